The van der Waals surface area contributed by atoms with Crippen LogP contribution in [0.15, 0.2) is 25.3 Å². The van der Waals surface area contributed by atoms with Crippen LogP contribution < -0.4 is 0 Å². The van der Waals surface area contributed by atoms with Gasteiger partial charge in [-0.25, -0.2) is 0 Å². The maximum absolute atomic E-state index is 10.6. The summed E-state index contributed by atoms with van der Waals surface area (Å²) in [7, 11) is 0. The molecule has 10 heavy (non-hydrogen) atoms. The first-order valence-electron chi connectivity index (χ1n) is 3.18. The van der Waals surface area contributed by atoms with E-state index < -0.39 is 0 Å². The molecule has 0 saturated heterocycles. The fourth-order valence-corrected chi connectivity index (χ4v) is 0.444. The van der Waals surface area contributed by atoms with Gasteiger partial charge in [0.05, 0.1) is 0 Å². The molecule has 0 amide bonds. The summed E-state index contributed by atoms with van der Waals surface area (Å²) in [6.45, 7) is 7.20. The Hall–Kier alpha value is -1.05. The van der Waals surface area contributed by atoms with Crippen molar-refractivity contribution in [3.8, 4) is 0 Å². The molecule has 0 fully saturated rings. The van der Waals surface area contributed by atoms with Crippen molar-refractivity contribution in [1.82, 2.24) is 0 Å². The molecule has 0 aliphatic heterocycles. The average molecular weight is 140 g/mol. The molecule has 0 spiro atoms. The molecule has 0 unspecified atom stereocenters. The molecule has 56 valence electrons. The van der Waals surface area contributed by atoms with Crippen molar-refractivity contribution in [2.75, 3.05) is 6.61 Å². The van der Waals surface area contributed by atoms with E-state index in [0.29, 0.717) is 19.4 Å². The van der Waals surface area contributed by atoms with E-state index in [2.05, 4.69) is 17.9 Å². The van der Waals surface area contributed by atoms with Gasteiger partial charge in [0.15, 0.2) is 0 Å². The van der Waals surface area contributed by atoms with Gasteiger partial charge in [-0.2, -0.15) is 0 Å². The number of carbonyl (C=O) groups excluding carboxylic acids is 1. The highest BCUT2D eigenvalue weighted by atomic mass is 16.5. The summed E-state index contributed by atoms with van der Waals surface area (Å²) in [5.41, 5.74) is 0. The van der Waals surface area contributed by atoms with E-state index >= 15 is 0 Å². The quantitative estimate of drug-likeness (QED) is 0.429. The third-order valence-corrected chi connectivity index (χ3v) is 0.915. The molecular formula is C8H12O2. The Morgan fingerprint density at radius 1 is 1.40 bits per heavy atom. The van der Waals surface area contributed by atoms with Crippen molar-refractivity contribution in [3.05, 3.63) is 25.3 Å². The Bertz CT molecular complexity index is 113. The number of esters is 1. The van der Waals surface area contributed by atoms with E-state index in [1.54, 1.807) is 12.2 Å². The van der Waals surface area contributed by atoms with E-state index in [4.69, 9.17) is 0 Å². The monoisotopic (exact) mass is 140 g/mol. The number of rotatable bonds is 5. The third-order valence-electron chi connectivity index (χ3n) is 0.915. The van der Waals surface area contributed by atoms with Crippen molar-refractivity contribution in [2.24, 2.45) is 0 Å². The van der Waals surface area contributed by atoms with Crippen LogP contribution in [0.4, 0.5) is 0 Å². The van der Waals surface area contributed by atoms with E-state index in [1.165, 1.54) is 0 Å². The lowest BCUT2D eigenvalue weighted by atomic mass is 10.3. The highest BCUT2D eigenvalue weighted by Gasteiger charge is 1.97. The summed E-state index contributed by atoms with van der Waals surface area (Å²) < 4.78 is 4.69. The van der Waals surface area contributed by atoms with Gasteiger partial charge in [-0.05, 0) is 6.42 Å². The first-order chi connectivity index (χ1) is 4.81. The van der Waals surface area contributed by atoms with Crippen LogP contribution in [0.2, 0.25) is 0 Å². The lowest BCUT2D eigenvalue weighted by Gasteiger charge is -1.97. The second-order valence-corrected chi connectivity index (χ2v) is 1.80. The van der Waals surface area contributed by atoms with Crippen LogP contribution in [0.1, 0.15) is 12.8 Å². The van der Waals surface area contributed by atoms with Crippen molar-refractivity contribution in [2.45, 2.75) is 12.8 Å². The molecule has 0 heterocycles. The first kappa shape index (κ1) is 8.95. The summed E-state index contributed by atoms with van der Waals surface area (Å²) in [5, 5.41) is 0. The van der Waals surface area contributed by atoms with Gasteiger partial charge in [-0.3, -0.25) is 4.79 Å². The van der Waals surface area contributed by atoms with Crippen LogP contribution in [-0.4, -0.2) is 12.6 Å². The van der Waals surface area contributed by atoms with Gasteiger partial charge in [0.1, 0.15) is 6.61 Å². The van der Waals surface area contributed by atoms with Crippen LogP contribution in [0.3, 0.4) is 0 Å². The van der Waals surface area contributed by atoms with Crippen LogP contribution in [0.25, 0.3) is 0 Å². The van der Waals surface area contributed by atoms with Crippen LogP contribution in [0.5, 0.6) is 0 Å². The molecule has 0 aromatic heterocycles. The number of hydrogen-bond donors (Lipinski definition) is 0. The molecule has 0 N–H and O–H groups in total. The number of carbonyl (C=O) groups is 1. The van der Waals surface area contributed by atoms with Gasteiger partial charge in [-0.1, -0.05) is 18.7 Å². The van der Waals surface area contributed by atoms with Gasteiger partial charge in [0.25, 0.3) is 0 Å². The first-order valence-corrected chi connectivity index (χ1v) is 3.18. The predicted octanol–water partition coefficient (Wildman–Crippen LogP) is 1.68. The predicted molar refractivity (Wildman–Crippen MR) is 40.6 cm³/mol. The maximum Gasteiger partial charge on any atom is 0.306 e. The second-order valence-electron chi connectivity index (χ2n) is 1.80. The summed E-state index contributed by atoms with van der Waals surface area (Å²) >= 11 is 0. The number of allylic oxidation sites excluding steroid dienone is 1. The third kappa shape index (κ3) is 5.09. The molecule has 0 aromatic rings. The standard InChI is InChI=1S/C8H12O2/c1-3-5-6-8(9)10-7-4-2/h3-4H,1-2,5-7H2. The van der Waals surface area contributed by atoms with Crippen LogP contribution in [0, 0.1) is 0 Å². The largest absolute Gasteiger partial charge is 0.461 e. The Balaban J connectivity index is 3.24. The molecule has 0 atom stereocenters. The van der Waals surface area contributed by atoms with Crippen LogP contribution in [-0.2, 0) is 9.53 Å². The van der Waals surface area contributed by atoms with E-state index in [0.717, 1.165) is 0 Å². The molecule has 0 aromatic carbocycles. The van der Waals surface area contributed by atoms with E-state index in [9.17, 15) is 4.79 Å². The molecule has 2 nitrogen and oxygen atoms in total. The Labute approximate surface area is 61.2 Å². The SMILES string of the molecule is C=CCCC(=O)OCC=C. The average Bonchev–Trinajstić information content (AvgIpc) is 1.97. The van der Waals surface area contributed by atoms with E-state index in [1.807, 2.05) is 0 Å². The molecule has 0 aliphatic rings. The van der Waals surface area contributed by atoms with Gasteiger partial charge in [0, 0.05) is 6.42 Å². The minimum atomic E-state index is -0.195. The fourth-order valence-electron chi connectivity index (χ4n) is 0.444. The summed E-state index contributed by atoms with van der Waals surface area (Å²) in [5.74, 6) is -0.195. The second kappa shape index (κ2) is 6.08. The van der Waals surface area contributed by atoms with Gasteiger partial charge in [0.2, 0.25) is 0 Å². The van der Waals surface area contributed by atoms with Crippen molar-refractivity contribution < 1.29 is 9.53 Å². The molecule has 0 bridgehead atoms. The van der Waals surface area contributed by atoms with Gasteiger partial charge >= 0.3 is 5.97 Å². The molecular weight excluding hydrogens is 128 g/mol. The minimum Gasteiger partial charge on any atom is -0.461 e. The van der Waals surface area contributed by atoms with Crippen LogP contribution >= 0.6 is 0 Å². The minimum absolute atomic E-state index is 0.195. The van der Waals surface area contributed by atoms with Crippen molar-refractivity contribution in [3.63, 3.8) is 0 Å². The zero-order valence-corrected chi connectivity index (χ0v) is 6.01. The zero-order valence-electron chi connectivity index (χ0n) is 6.01. The zero-order chi connectivity index (χ0) is 7.82. The Morgan fingerprint density at radius 3 is 2.60 bits per heavy atom. The smallest absolute Gasteiger partial charge is 0.306 e. The molecule has 2 heteroatoms. The topological polar surface area (TPSA) is 26.3 Å². The lowest BCUT2D eigenvalue weighted by molar-refractivity contribution is -0.142. The van der Waals surface area contributed by atoms with Gasteiger partial charge < -0.3 is 4.74 Å². The molecule has 0 rings (SSSR count). The normalized spacial score (nSPS) is 8.40. The summed E-state index contributed by atoms with van der Waals surface area (Å²) in [6.07, 6.45) is 4.33. The molecule has 0 aliphatic carbocycles. The van der Waals surface area contributed by atoms with Gasteiger partial charge in [-0.15, -0.1) is 6.58 Å². The van der Waals surface area contributed by atoms with Crippen molar-refractivity contribution >= 4 is 5.97 Å². The van der Waals surface area contributed by atoms with Crippen molar-refractivity contribution in [1.29, 1.82) is 0 Å². The maximum atomic E-state index is 10.6. The highest BCUT2D eigenvalue weighted by molar-refractivity contribution is 5.69. The summed E-state index contributed by atoms with van der Waals surface area (Å²) in [6, 6.07) is 0. The fraction of sp³-hybridized carbons (Fsp3) is 0.375. The number of ether oxygens (including phenoxy) is 1. The molecule has 0 radical (unpaired) electrons. The molecule has 0 saturated carbocycles. The Morgan fingerprint density at radius 2 is 2.10 bits per heavy atom. The lowest BCUT2D eigenvalue weighted by Crippen LogP contribution is -2.02. The highest BCUT2D eigenvalue weighted by Crippen LogP contribution is 1.92. The Kier molecular flexibility index (Phi) is 5.44. The van der Waals surface area contributed by atoms with E-state index in [-0.39, 0.29) is 5.97 Å². The summed E-state index contributed by atoms with van der Waals surface area (Å²) in [4.78, 5) is 10.6. The number of hydrogen-bond acceptors (Lipinski definition) is 2.